The van der Waals surface area contributed by atoms with Crippen molar-refractivity contribution in [3.8, 4) is 5.69 Å². The van der Waals surface area contributed by atoms with E-state index in [1.54, 1.807) is 4.68 Å². The molecule has 0 saturated heterocycles. The van der Waals surface area contributed by atoms with Gasteiger partial charge in [-0.25, -0.2) is 4.68 Å². The molecule has 1 aromatic heterocycles. The van der Waals surface area contributed by atoms with Gasteiger partial charge in [0.2, 0.25) is 0 Å². The number of anilines is 1. The number of benzene rings is 2. The third kappa shape index (κ3) is 3.43. The van der Waals surface area contributed by atoms with E-state index in [4.69, 9.17) is 0 Å². The van der Waals surface area contributed by atoms with E-state index in [1.165, 1.54) is 5.56 Å². The Morgan fingerprint density at radius 3 is 2.28 bits per heavy atom. The molecule has 1 N–H and O–H groups in total. The molecule has 3 rings (SSSR count). The van der Waals surface area contributed by atoms with Crippen molar-refractivity contribution < 1.29 is 0 Å². The Bertz CT molecular complexity index is 1020. The van der Waals surface area contributed by atoms with Crippen LogP contribution in [0.2, 0.25) is 0 Å². The zero-order chi connectivity index (χ0) is 18.0. The summed E-state index contributed by atoms with van der Waals surface area (Å²) in [5.41, 5.74) is 4.06. The third-order valence-electron chi connectivity index (χ3n) is 4.33. The maximum Gasteiger partial charge on any atom is 0.279 e. The minimum atomic E-state index is -0.0917. The Morgan fingerprint density at radius 1 is 1.08 bits per heavy atom. The van der Waals surface area contributed by atoms with Gasteiger partial charge in [0, 0.05) is 19.8 Å². The molecule has 0 radical (unpaired) electrons. The van der Waals surface area contributed by atoms with Crippen LogP contribution in [0.5, 0.6) is 0 Å². The molecule has 3 aromatic rings. The van der Waals surface area contributed by atoms with Crippen LogP contribution in [0.4, 0.5) is 5.69 Å². The first-order valence-electron chi connectivity index (χ1n) is 8.38. The average Bonchev–Trinajstić information content (AvgIpc) is 2.90. The Morgan fingerprint density at radius 2 is 1.72 bits per heavy atom. The van der Waals surface area contributed by atoms with Crippen molar-refractivity contribution in [3.63, 3.8) is 0 Å². The lowest BCUT2D eigenvalue weighted by atomic mass is 10.1. The van der Waals surface area contributed by atoms with Gasteiger partial charge in [-0.2, -0.15) is 0 Å². The molecule has 25 heavy (non-hydrogen) atoms. The summed E-state index contributed by atoms with van der Waals surface area (Å²) in [6.07, 6.45) is 2.85. The molecular formula is C21H23N3O. The predicted octanol–water partition coefficient (Wildman–Crippen LogP) is 2.03. The molecular weight excluding hydrogens is 310 g/mol. The van der Waals surface area contributed by atoms with Gasteiger partial charge < -0.3 is 4.90 Å². The van der Waals surface area contributed by atoms with Gasteiger partial charge in [0.25, 0.3) is 5.56 Å². The molecule has 1 heterocycles. The van der Waals surface area contributed by atoms with E-state index in [0.717, 1.165) is 23.4 Å². The van der Waals surface area contributed by atoms with Crippen molar-refractivity contribution in [2.75, 3.05) is 19.0 Å². The Hall–Kier alpha value is -3.01. The monoisotopic (exact) mass is 333 g/mol. The van der Waals surface area contributed by atoms with Gasteiger partial charge in [-0.3, -0.25) is 9.89 Å². The maximum absolute atomic E-state index is 12.8. The average molecular weight is 333 g/mol. The number of hydrogen-bond donors (Lipinski definition) is 1. The first-order chi connectivity index (χ1) is 12.0. The molecule has 0 bridgehead atoms. The van der Waals surface area contributed by atoms with Crippen molar-refractivity contribution in [2.45, 2.75) is 13.3 Å². The quantitative estimate of drug-likeness (QED) is 0.794. The smallest absolute Gasteiger partial charge is 0.279 e. The number of aryl methyl sites for hydroxylation is 1. The van der Waals surface area contributed by atoms with E-state index in [-0.39, 0.29) is 5.56 Å². The molecule has 0 amide bonds. The Kier molecular flexibility index (Phi) is 4.61. The van der Waals surface area contributed by atoms with Gasteiger partial charge in [-0.1, -0.05) is 37.8 Å². The van der Waals surface area contributed by atoms with Gasteiger partial charge in [-0.15, -0.1) is 0 Å². The van der Waals surface area contributed by atoms with Crippen LogP contribution in [0.15, 0.2) is 53.3 Å². The number of aromatic nitrogens is 2. The second kappa shape index (κ2) is 6.85. The van der Waals surface area contributed by atoms with Crippen molar-refractivity contribution in [1.29, 1.82) is 0 Å². The highest BCUT2D eigenvalue weighted by Gasteiger charge is 2.05. The second-order valence-corrected chi connectivity index (χ2v) is 6.29. The van der Waals surface area contributed by atoms with E-state index < -0.39 is 0 Å². The second-order valence-electron chi connectivity index (χ2n) is 6.29. The summed E-state index contributed by atoms with van der Waals surface area (Å²) in [7, 11) is 4.00. The van der Waals surface area contributed by atoms with Crippen LogP contribution in [0.25, 0.3) is 18.3 Å². The standard InChI is InChI=1S/C21H23N3O/c1-5-16-6-12-19(13-7-16)24-21(25)20(15(2)22-24)14-17-8-10-18(11-9-17)23(3)4/h6-14,22H,2,5H2,1,3-4H3. The molecule has 0 aliphatic rings. The third-order valence-corrected chi connectivity index (χ3v) is 4.33. The molecule has 2 aromatic carbocycles. The minimum Gasteiger partial charge on any atom is -0.378 e. The molecule has 0 spiro atoms. The van der Waals surface area contributed by atoms with Gasteiger partial charge in [-0.05, 0) is 47.9 Å². The molecule has 0 aliphatic heterocycles. The highest BCUT2D eigenvalue weighted by molar-refractivity contribution is 5.55. The van der Waals surface area contributed by atoms with Crippen molar-refractivity contribution in [3.05, 3.63) is 80.6 Å². The zero-order valence-electron chi connectivity index (χ0n) is 14.9. The number of H-pyrrole nitrogens is 1. The lowest BCUT2D eigenvalue weighted by Gasteiger charge is -2.11. The summed E-state index contributed by atoms with van der Waals surface area (Å²) < 4.78 is 1.54. The number of nitrogens with zero attached hydrogens (tertiary/aromatic N) is 2. The van der Waals surface area contributed by atoms with Crippen LogP contribution in [0, 0.1) is 0 Å². The van der Waals surface area contributed by atoms with Gasteiger partial charge >= 0.3 is 0 Å². The van der Waals surface area contributed by atoms with E-state index in [1.807, 2.05) is 73.6 Å². The zero-order valence-corrected chi connectivity index (χ0v) is 14.9. The Balaban J connectivity index is 2.04. The summed E-state index contributed by atoms with van der Waals surface area (Å²) in [4.78, 5) is 14.8. The van der Waals surface area contributed by atoms with Gasteiger partial charge in [0.05, 0.1) is 16.3 Å². The van der Waals surface area contributed by atoms with Crippen molar-refractivity contribution in [2.24, 2.45) is 0 Å². The Labute approximate surface area is 147 Å². The van der Waals surface area contributed by atoms with Crippen LogP contribution >= 0.6 is 0 Å². The number of rotatable bonds is 4. The fourth-order valence-corrected chi connectivity index (χ4v) is 2.74. The van der Waals surface area contributed by atoms with Crippen LogP contribution in [-0.4, -0.2) is 23.9 Å². The minimum absolute atomic E-state index is 0.0917. The summed E-state index contributed by atoms with van der Waals surface area (Å²) in [6, 6.07) is 16.0. The number of nitrogens with one attached hydrogen (secondary N) is 1. The molecule has 4 heteroatoms. The SMILES string of the molecule is C=c1[nH]n(-c2ccc(CC)cc2)c(=O)c1=Cc1ccc(N(C)C)cc1. The molecule has 0 fully saturated rings. The first kappa shape index (κ1) is 16.8. The van der Waals surface area contributed by atoms with Gasteiger partial charge in [0.15, 0.2) is 0 Å². The fourth-order valence-electron chi connectivity index (χ4n) is 2.74. The van der Waals surface area contributed by atoms with E-state index >= 15 is 0 Å². The largest absolute Gasteiger partial charge is 0.378 e. The highest BCUT2D eigenvalue weighted by atomic mass is 16.1. The predicted molar refractivity (Wildman–Crippen MR) is 105 cm³/mol. The van der Waals surface area contributed by atoms with Crippen LogP contribution in [0.3, 0.4) is 0 Å². The maximum atomic E-state index is 12.8. The summed E-state index contributed by atoms with van der Waals surface area (Å²) >= 11 is 0. The molecule has 4 nitrogen and oxygen atoms in total. The molecule has 0 atom stereocenters. The number of hydrogen-bond acceptors (Lipinski definition) is 2. The molecule has 0 saturated carbocycles. The molecule has 128 valence electrons. The fraction of sp³-hybridized carbons (Fsp3) is 0.190. The summed E-state index contributed by atoms with van der Waals surface area (Å²) in [6.45, 7) is 6.10. The lowest BCUT2D eigenvalue weighted by molar-refractivity contribution is 0.837. The number of aromatic amines is 1. The highest BCUT2D eigenvalue weighted by Crippen LogP contribution is 2.12. The van der Waals surface area contributed by atoms with E-state index in [2.05, 4.69) is 18.6 Å². The topological polar surface area (TPSA) is 41.0 Å². The lowest BCUT2D eigenvalue weighted by Crippen LogP contribution is -2.33. The summed E-state index contributed by atoms with van der Waals surface area (Å²) in [5.74, 6) is 0. The van der Waals surface area contributed by atoms with Crippen molar-refractivity contribution >= 4 is 18.3 Å². The van der Waals surface area contributed by atoms with Crippen LogP contribution in [0.1, 0.15) is 18.1 Å². The van der Waals surface area contributed by atoms with Gasteiger partial charge in [0.1, 0.15) is 0 Å². The molecule has 0 unspecified atom stereocenters. The van der Waals surface area contributed by atoms with Crippen LogP contribution in [-0.2, 0) is 6.42 Å². The first-order valence-corrected chi connectivity index (χ1v) is 8.38. The van der Waals surface area contributed by atoms with E-state index in [0.29, 0.717) is 10.6 Å². The molecule has 0 aliphatic carbocycles. The summed E-state index contributed by atoms with van der Waals surface area (Å²) in [5, 5.41) is 4.26. The van der Waals surface area contributed by atoms with E-state index in [9.17, 15) is 4.79 Å². The normalized spacial score (nSPS) is 11.7. The van der Waals surface area contributed by atoms with Crippen LogP contribution < -0.4 is 21.0 Å². The van der Waals surface area contributed by atoms with Crippen molar-refractivity contribution in [1.82, 2.24) is 9.78 Å².